The van der Waals surface area contributed by atoms with Crippen molar-refractivity contribution >= 4 is 0 Å². The minimum absolute atomic E-state index is 0.0701. The molecule has 0 saturated heterocycles. The van der Waals surface area contributed by atoms with Gasteiger partial charge in [-0.3, -0.25) is 4.98 Å². The molecule has 1 N–H and O–H groups in total. The maximum Gasteiger partial charge on any atom is 0.147 e. The summed E-state index contributed by atoms with van der Waals surface area (Å²) in [5.74, 6) is -0.484. The highest BCUT2D eigenvalue weighted by Gasteiger charge is 2.15. The molecule has 0 aliphatic heterocycles. The van der Waals surface area contributed by atoms with Gasteiger partial charge in [0.25, 0.3) is 0 Å². The number of aliphatic hydroxyl groups excluding tert-OH is 1. The normalized spacial score (nSPS) is 12.4. The van der Waals surface area contributed by atoms with Crippen molar-refractivity contribution in [1.82, 2.24) is 4.98 Å². The Morgan fingerprint density at radius 3 is 2.56 bits per heavy atom. The first kappa shape index (κ1) is 12.7. The number of nitrogens with zero attached hydrogens (tertiary/aromatic N) is 1. The fraction of sp³-hybridized carbons (Fsp3) is 0.267. The predicted molar refractivity (Wildman–Crippen MR) is 68.7 cm³/mol. The number of hydrogen-bond donors (Lipinski definition) is 1. The molecule has 0 fully saturated rings. The number of aliphatic hydroxyl groups is 1. The summed E-state index contributed by atoms with van der Waals surface area (Å²) >= 11 is 0. The molecule has 0 aliphatic carbocycles. The standard InChI is InChI=1S/C15H16FNO/c1-2-4-11-6-8-12(9-7-11)15(18)14-13(16)5-3-10-17-14/h3,5-10,15,18H,2,4H2,1H3. The smallest absolute Gasteiger partial charge is 0.147 e. The summed E-state index contributed by atoms with van der Waals surface area (Å²) in [6, 6.07) is 10.4. The average Bonchev–Trinajstić information content (AvgIpc) is 2.40. The average molecular weight is 245 g/mol. The summed E-state index contributed by atoms with van der Waals surface area (Å²) in [4.78, 5) is 3.89. The Kier molecular flexibility index (Phi) is 4.05. The zero-order chi connectivity index (χ0) is 13.0. The van der Waals surface area contributed by atoms with Crippen LogP contribution < -0.4 is 0 Å². The van der Waals surface area contributed by atoms with Crippen LogP contribution in [-0.4, -0.2) is 10.1 Å². The van der Waals surface area contributed by atoms with Crippen LogP contribution in [0.4, 0.5) is 4.39 Å². The quantitative estimate of drug-likeness (QED) is 0.896. The van der Waals surface area contributed by atoms with Crippen LogP contribution in [0.25, 0.3) is 0 Å². The molecule has 0 radical (unpaired) electrons. The molecule has 0 spiro atoms. The Morgan fingerprint density at radius 2 is 1.94 bits per heavy atom. The van der Waals surface area contributed by atoms with Gasteiger partial charge in [0.2, 0.25) is 0 Å². The van der Waals surface area contributed by atoms with E-state index in [4.69, 9.17) is 0 Å². The molecule has 1 atom stereocenters. The van der Waals surface area contributed by atoms with E-state index in [-0.39, 0.29) is 5.69 Å². The molecule has 1 aromatic heterocycles. The summed E-state index contributed by atoms with van der Waals surface area (Å²) in [7, 11) is 0. The van der Waals surface area contributed by atoms with E-state index < -0.39 is 11.9 Å². The Labute approximate surface area is 106 Å². The summed E-state index contributed by atoms with van der Waals surface area (Å²) < 4.78 is 13.5. The molecule has 2 nitrogen and oxygen atoms in total. The van der Waals surface area contributed by atoms with Gasteiger partial charge in [0.15, 0.2) is 0 Å². The van der Waals surface area contributed by atoms with Gasteiger partial charge in [-0.1, -0.05) is 37.6 Å². The van der Waals surface area contributed by atoms with E-state index in [2.05, 4.69) is 11.9 Å². The van der Waals surface area contributed by atoms with Crippen molar-refractivity contribution < 1.29 is 9.50 Å². The van der Waals surface area contributed by atoms with Crippen molar-refractivity contribution in [3.05, 3.63) is 65.2 Å². The maximum atomic E-state index is 13.5. The van der Waals surface area contributed by atoms with Crippen molar-refractivity contribution in [2.75, 3.05) is 0 Å². The second kappa shape index (κ2) is 5.74. The molecule has 2 aromatic rings. The summed E-state index contributed by atoms with van der Waals surface area (Å²) in [6.45, 7) is 2.12. The number of benzene rings is 1. The fourth-order valence-electron chi connectivity index (χ4n) is 1.91. The van der Waals surface area contributed by atoms with Gasteiger partial charge in [-0.2, -0.15) is 0 Å². The van der Waals surface area contributed by atoms with Crippen molar-refractivity contribution in [2.24, 2.45) is 0 Å². The van der Waals surface area contributed by atoms with E-state index in [1.165, 1.54) is 23.9 Å². The highest BCUT2D eigenvalue weighted by atomic mass is 19.1. The Hall–Kier alpha value is -1.74. The Morgan fingerprint density at radius 1 is 1.22 bits per heavy atom. The lowest BCUT2D eigenvalue weighted by Crippen LogP contribution is -2.05. The fourth-order valence-corrected chi connectivity index (χ4v) is 1.91. The first-order valence-corrected chi connectivity index (χ1v) is 6.09. The molecule has 0 aliphatic rings. The number of halogens is 1. The van der Waals surface area contributed by atoms with E-state index in [1.54, 1.807) is 0 Å². The summed E-state index contributed by atoms with van der Waals surface area (Å²) in [6.07, 6.45) is 2.56. The predicted octanol–water partition coefficient (Wildman–Crippen LogP) is 3.25. The second-order valence-corrected chi connectivity index (χ2v) is 4.26. The first-order chi connectivity index (χ1) is 8.72. The third-order valence-electron chi connectivity index (χ3n) is 2.88. The van der Waals surface area contributed by atoms with Crippen LogP contribution in [0.5, 0.6) is 0 Å². The lowest BCUT2D eigenvalue weighted by molar-refractivity contribution is 0.209. The van der Waals surface area contributed by atoms with E-state index in [9.17, 15) is 9.50 Å². The molecule has 0 saturated carbocycles. The van der Waals surface area contributed by atoms with Crippen LogP contribution in [0.15, 0.2) is 42.6 Å². The molecule has 0 bridgehead atoms. The monoisotopic (exact) mass is 245 g/mol. The lowest BCUT2D eigenvalue weighted by Gasteiger charge is -2.11. The zero-order valence-electron chi connectivity index (χ0n) is 10.3. The van der Waals surface area contributed by atoms with Gasteiger partial charge in [0, 0.05) is 6.20 Å². The third-order valence-corrected chi connectivity index (χ3v) is 2.88. The van der Waals surface area contributed by atoms with Crippen molar-refractivity contribution in [3.8, 4) is 0 Å². The largest absolute Gasteiger partial charge is 0.382 e. The van der Waals surface area contributed by atoms with Gasteiger partial charge in [-0.05, 0) is 29.7 Å². The lowest BCUT2D eigenvalue weighted by atomic mass is 10.0. The van der Waals surface area contributed by atoms with Gasteiger partial charge in [0.1, 0.15) is 17.6 Å². The van der Waals surface area contributed by atoms with Crippen molar-refractivity contribution in [2.45, 2.75) is 25.9 Å². The minimum atomic E-state index is -1.01. The Balaban J connectivity index is 2.23. The van der Waals surface area contributed by atoms with Gasteiger partial charge in [-0.15, -0.1) is 0 Å². The van der Waals surface area contributed by atoms with E-state index in [0.29, 0.717) is 5.56 Å². The molecule has 3 heteroatoms. The van der Waals surface area contributed by atoms with Gasteiger partial charge in [-0.25, -0.2) is 4.39 Å². The molecular weight excluding hydrogens is 229 g/mol. The van der Waals surface area contributed by atoms with Gasteiger partial charge < -0.3 is 5.11 Å². The van der Waals surface area contributed by atoms with Gasteiger partial charge >= 0.3 is 0 Å². The molecule has 94 valence electrons. The molecule has 1 aromatic carbocycles. The number of aromatic nitrogens is 1. The Bertz CT molecular complexity index is 510. The number of hydrogen-bond acceptors (Lipinski definition) is 2. The number of rotatable bonds is 4. The van der Waals surface area contributed by atoms with Crippen LogP contribution in [-0.2, 0) is 6.42 Å². The van der Waals surface area contributed by atoms with Crippen LogP contribution >= 0.6 is 0 Å². The summed E-state index contributed by atoms with van der Waals surface area (Å²) in [5, 5.41) is 10.1. The SMILES string of the molecule is CCCc1ccc(C(O)c2ncccc2F)cc1. The van der Waals surface area contributed by atoms with E-state index in [0.717, 1.165) is 12.8 Å². The first-order valence-electron chi connectivity index (χ1n) is 6.09. The highest BCUT2D eigenvalue weighted by molar-refractivity contribution is 5.29. The van der Waals surface area contributed by atoms with Crippen LogP contribution in [0.1, 0.15) is 36.3 Å². The van der Waals surface area contributed by atoms with Crippen LogP contribution in [0.2, 0.25) is 0 Å². The minimum Gasteiger partial charge on any atom is -0.382 e. The van der Waals surface area contributed by atoms with E-state index in [1.807, 2.05) is 24.3 Å². The molecule has 1 unspecified atom stereocenters. The molecular formula is C15H16FNO. The van der Waals surface area contributed by atoms with E-state index >= 15 is 0 Å². The number of aryl methyl sites for hydroxylation is 1. The highest BCUT2D eigenvalue weighted by Crippen LogP contribution is 2.22. The molecule has 1 heterocycles. The van der Waals surface area contributed by atoms with Crippen LogP contribution in [0.3, 0.4) is 0 Å². The van der Waals surface area contributed by atoms with Crippen molar-refractivity contribution in [1.29, 1.82) is 0 Å². The van der Waals surface area contributed by atoms with Crippen molar-refractivity contribution in [3.63, 3.8) is 0 Å². The molecule has 0 amide bonds. The maximum absolute atomic E-state index is 13.5. The zero-order valence-corrected chi connectivity index (χ0v) is 10.3. The number of pyridine rings is 1. The molecule has 18 heavy (non-hydrogen) atoms. The van der Waals surface area contributed by atoms with Gasteiger partial charge in [0.05, 0.1) is 0 Å². The molecule has 2 rings (SSSR count). The third kappa shape index (κ3) is 2.74. The topological polar surface area (TPSA) is 33.1 Å². The van der Waals surface area contributed by atoms with Crippen LogP contribution in [0, 0.1) is 5.82 Å². The summed E-state index contributed by atoms with van der Waals surface area (Å²) in [5.41, 5.74) is 1.95. The second-order valence-electron chi connectivity index (χ2n) is 4.26.